The zero-order valence-electron chi connectivity index (χ0n) is 11.5. The van der Waals surface area contributed by atoms with Gasteiger partial charge in [0.15, 0.2) is 0 Å². The van der Waals surface area contributed by atoms with Crippen molar-refractivity contribution in [3.05, 3.63) is 17.6 Å². The van der Waals surface area contributed by atoms with Crippen LogP contribution in [0.1, 0.15) is 42.0 Å². The van der Waals surface area contributed by atoms with Crippen LogP contribution in [-0.4, -0.2) is 41.3 Å². The monoisotopic (exact) mass is 267 g/mol. The topological polar surface area (TPSA) is 84.3 Å². The summed E-state index contributed by atoms with van der Waals surface area (Å²) in [6.45, 7) is 2.84. The molecule has 106 valence electrons. The summed E-state index contributed by atoms with van der Waals surface area (Å²) in [4.78, 5) is 19.5. The molecule has 6 nitrogen and oxygen atoms in total. The molecule has 0 atom stereocenters. The van der Waals surface area contributed by atoms with Gasteiger partial charge in [-0.25, -0.2) is 14.8 Å². The van der Waals surface area contributed by atoms with Crippen molar-refractivity contribution in [1.29, 1.82) is 0 Å². The van der Waals surface area contributed by atoms with E-state index in [1.54, 1.807) is 13.0 Å². The molecule has 0 aliphatic carbocycles. The van der Waals surface area contributed by atoms with E-state index in [-0.39, 0.29) is 12.4 Å². The Morgan fingerprint density at radius 1 is 1.32 bits per heavy atom. The Kier molecular flexibility index (Phi) is 6.81. The molecule has 6 heteroatoms. The lowest BCUT2D eigenvalue weighted by Gasteiger charge is -2.07. The van der Waals surface area contributed by atoms with Crippen LogP contribution in [0.3, 0.4) is 0 Å². The number of aromatic nitrogens is 2. The third kappa shape index (κ3) is 5.65. The first-order valence-electron chi connectivity index (χ1n) is 6.46. The van der Waals surface area contributed by atoms with Crippen LogP contribution in [0.4, 0.5) is 5.82 Å². The Bertz CT molecular complexity index is 410. The third-order valence-corrected chi connectivity index (χ3v) is 2.61. The van der Waals surface area contributed by atoms with Gasteiger partial charge in [-0.05, 0) is 19.8 Å². The Morgan fingerprint density at radius 2 is 2.05 bits per heavy atom. The van der Waals surface area contributed by atoms with E-state index < -0.39 is 5.97 Å². The number of hydrogen-bond acceptors (Lipinski definition) is 6. The van der Waals surface area contributed by atoms with Crippen molar-refractivity contribution in [3.63, 3.8) is 0 Å². The number of unbranched alkanes of at least 4 members (excludes halogenated alkanes) is 3. The summed E-state index contributed by atoms with van der Waals surface area (Å²) in [5.41, 5.74) is 0.721. The smallest absolute Gasteiger partial charge is 0.376 e. The van der Waals surface area contributed by atoms with Crippen LogP contribution in [-0.2, 0) is 4.74 Å². The largest absolute Gasteiger partial charge is 0.463 e. The molecule has 0 radical (unpaired) electrons. The number of rotatable bonds is 8. The van der Waals surface area contributed by atoms with Gasteiger partial charge in [0, 0.05) is 24.9 Å². The van der Waals surface area contributed by atoms with Crippen LogP contribution in [0.25, 0.3) is 0 Å². The van der Waals surface area contributed by atoms with Crippen molar-refractivity contribution in [1.82, 2.24) is 9.97 Å². The van der Waals surface area contributed by atoms with Gasteiger partial charge in [-0.3, -0.25) is 0 Å². The van der Waals surface area contributed by atoms with Gasteiger partial charge in [-0.15, -0.1) is 0 Å². The van der Waals surface area contributed by atoms with Crippen molar-refractivity contribution in [2.45, 2.75) is 32.6 Å². The molecule has 1 aromatic heterocycles. The number of aliphatic hydroxyl groups excluding tert-OH is 1. The Morgan fingerprint density at radius 3 is 2.74 bits per heavy atom. The second kappa shape index (κ2) is 8.42. The van der Waals surface area contributed by atoms with Crippen LogP contribution in [0.5, 0.6) is 0 Å². The van der Waals surface area contributed by atoms with Gasteiger partial charge >= 0.3 is 5.97 Å². The molecule has 0 amide bonds. The summed E-state index contributed by atoms with van der Waals surface area (Å²) in [6.07, 6.45) is 3.92. The summed E-state index contributed by atoms with van der Waals surface area (Å²) in [7, 11) is 1.31. The van der Waals surface area contributed by atoms with E-state index in [0.29, 0.717) is 5.82 Å². The summed E-state index contributed by atoms with van der Waals surface area (Å²) in [5.74, 6) is 0.176. The van der Waals surface area contributed by atoms with Crippen molar-refractivity contribution in [2.75, 3.05) is 25.6 Å². The highest BCUT2D eigenvalue weighted by Gasteiger charge is 2.10. The zero-order chi connectivity index (χ0) is 14.1. The number of ether oxygens (including phenoxy) is 1. The molecule has 2 N–H and O–H groups in total. The highest BCUT2D eigenvalue weighted by molar-refractivity contribution is 5.85. The maximum Gasteiger partial charge on any atom is 0.376 e. The molecule has 0 fully saturated rings. The first-order chi connectivity index (χ1) is 9.17. The third-order valence-electron chi connectivity index (χ3n) is 2.61. The average Bonchev–Trinajstić information content (AvgIpc) is 2.41. The molecule has 0 saturated heterocycles. The molecule has 0 aliphatic heterocycles. The van der Waals surface area contributed by atoms with Gasteiger partial charge in [0.1, 0.15) is 5.82 Å². The quantitative estimate of drug-likeness (QED) is 0.549. The molecule has 0 spiro atoms. The van der Waals surface area contributed by atoms with Gasteiger partial charge in [0.2, 0.25) is 5.82 Å². The second-order valence-electron chi connectivity index (χ2n) is 4.27. The van der Waals surface area contributed by atoms with E-state index in [1.165, 1.54) is 7.11 Å². The molecule has 1 aromatic rings. The van der Waals surface area contributed by atoms with Crippen molar-refractivity contribution < 1.29 is 14.6 Å². The number of anilines is 1. The van der Waals surface area contributed by atoms with E-state index in [0.717, 1.165) is 37.9 Å². The number of hydrogen-bond donors (Lipinski definition) is 2. The highest BCUT2D eigenvalue weighted by Crippen LogP contribution is 2.08. The summed E-state index contributed by atoms with van der Waals surface area (Å²) >= 11 is 0. The Hall–Kier alpha value is -1.69. The molecule has 19 heavy (non-hydrogen) atoms. The molecule has 0 unspecified atom stereocenters. The molecule has 0 aliphatic rings. The molecule has 1 heterocycles. The zero-order valence-corrected chi connectivity index (χ0v) is 11.5. The highest BCUT2D eigenvalue weighted by atomic mass is 16.5. The Balaban J connectivity index is 2.45. The molecule has 0 saturated carbocycles. The summed E-state index contributed by atoms with van der Waals surface area (Å²) in [5, 5.41) is 11.8. The SMILES string of the molecule is COC(=O)c1nc(C)cc(NCCCCCCO)n1. The maximum atomic E-state index is 11.4. The van der Waals surface area contributed by atoms with Crippen molar-refractivity contribution >= 4 is 11.8 Å². The van der Waals surface area contributed by atoms with Crippen molar-refractivity contribution in [2.24, 2.45) is 0 Å². The second-order valence-corrected chi connectivity index (χ2v) is 4.27. The first-order valence-corrected chi connectivity index (χ1v) is 6.46. The predicted molar refractivity (Wildman–Crippen MR) is 72.2 cm³/mol. The number of carbonyl (C=O) groups excluding carboxylic acids is 1. The van der Waals surface area contributed by atoms with Crippen LogP contribution in [0.15, 0.2) is 6.07 Å². The van der Waals surface area contributed by atoms with E-state index in [1.807, 2.05) is 0 Å². The van der Waals surface area contributed by atoms with Crippen LogP contribution >= 0.6 is 0 Å². The standard InChI is InChI=1S/C13H21N3O3/c1-10-9-11(14-7-5-3-4-6-8-17)16-12(15-10)13(18)19-2/h9,17H,3-8H2,1-2H3,(H,14,15,16). The number of nitrogens with one attached hydrogen (secondary N) is 1. The Labute approximate surface area is 113 Å². The number of methoxy groups -OCH3 is 1. The maximum absolute atomic E-state index is 11.4. The molecular formula is C13H21N3O3. The van der Waals surface area contributed by atoms with E-state index in [9.17, 15) is 4.79 Å². The lowest BCUT2D eigenvalue weighted by molar-refractivity contribution is 0.0586. The lowest BCUT2D eigenvalue weighted by Crippen LogP contribution is -2.12. The van der Waals surface area contributed by atoms with E-state index in [4.69, 9.17) is 5.11 Å². The summed E-state index contributed by atoms with van der Waals surface area (Å²) in [6, 6.07) is 1.79. The average molecular weight is 267 g/mol. The summed E-state index contributed by atoms with van der Waals surface area (Å²) < 4.78 is 4.60. The number of aryl methyl sites for hydroxylation is 1. The molecule has 0 bridgehead atoms. The van der Waals surface area contributed by atoms with Gasteiger partial charge in [0.25, 0.3) is 0 Å². The normalized spacial score (nSPS) is 10.3. The molecule has 0 aromatic carbocycles. The van der Waals surface area contributed by atoms with Gasteiger partial charge < -0.3 is 15.2 Å². The number of carbonyl (C=O) groups is 1. The minimum absolute atomic E-state index is 0.0743. The van der Waals surface area contributed by atoms with Crippen molar-refractivity contribution in [3.8, 4) is 0 Å². The van der Waals surface area contributed by atoms with Gasteiger partial charge in [0.05, 0.1) is 7.11 Å². The van der Waals surface area contributed by atoms with Crippen LogP contribution in [0, 0.1) is 6.92 Å². The minimum Gasteiger partial charge on any atom is -0.463 e. The van der Waals surface area contributed by atoms with Crippen LogP contribution in [0.2, 0.25) is 0 Å². The van der Waals surface area contributed by atoms with E-state index >= 15 is 0 Å². The number of nitrogens with zero attached hydrogens (tertiary/aromatic N) is 2. The molecular weight excluding hydrogens is 246 g/mol. The fourth-order valence-corrected chi connectivity index (χ4v) is 1.65. The minimum atomic E-state index is -0.533. The fraction of sp³-hybridized carbons (Fsp3) is 0.615. The number of aliphatic hydroxyl groups is 1. The predicted octanol–water partition coefficient (Wildman–Crippen LogP) is 1.54. The van der Waals surface area contributed by atoms with Crippen LogP contribution < -0.4 is 5.32 Å². The first kappa shape index (κ1) is 15.4. The molecule has 1 rings (SSSR count). The van der Waals surface area contributed by atoms with Gasteiger partial charge in [-0.1, -0.05) is 12.8 Å². The van der Waals surface area contributed by atoms with Gasteiger partial charge in [-0.2, -0.15) is 0 Å². The number of esters is 1. The lowest BCUT2D eigenvalue weighted by atomic mass is 10.2. The van der Waals surface area contributed by atoms with E-state index in [2.05, 4.69) is 20.0 Å². The fourth-order valence-electron chi connectivity index (χ4n) is 1.65.